The maximum absolute atomic E-state index is 13.1. The van der Waals surface area contributed by atoms with Gasteiger partial charge in [0.05, 0.1) is 22.8 Å². The van der Waals surface area contributed by atoms with E-state index in [2.05, 4.69) is 5.32 Å². The Bertz CT molecular complexity index is 1260. The first-order chi connectivity index (χ1) is 17.2. The van der Waals surface area contributed by atoms with Crippen molar-refractivity contribution in [3.05, 3.63) is 54.1 Å². The molecule has 2 aliphatic rings. The van der Waals surface area contributed by atoms with Crippen LogP contribution in [0.4, 0.5) is 0 Å². The number of hydrogen-bond acceptors (Lipinski definition) is 6. The molecule has 2 aromatic carbocycles. The number of carbonyl (C=O) groups excluding carboxylic acids is 1. The van der Waals surface area contributed by atoms with Gasteiger partial charge < -0.3 is 10.1 Å². The Morgan fingerprint density at radius 1 is 0.833 bits per heavy atom. The average Bonchev–Trinajstić information content (AvgIpc) is 2.92. The van der Waals surface area contributed by atoms with Crippen LogP contribution in [0.25, 0.3) is 0 Å². The van der Waals surface area contributed by atoms with Crippen molar-refractivity contribution in [2.45, 2.75) is 48.4 Å². The largest absolute Gasteiger partial charge is 0.497 e. The number of ether oxygens (including phenoxy) is 1. The Morgan fingerprint density at radius 3 is 2.00 bits per heavy atom. The van der Waals surface area contributed by atoms with E-state index < -0.39 is 26.0 Å². The number of sulfonamides is 2. The predicted octanol–water partition coefficient (Wildman–Crippen LogP) is 2.59. The zero-order chi connectivity index (χ0) is 25.8. The summed E-state index contributed by atoms with van der Waals surface area (Å²) in [7, 11) is -5.69. The summed E-state index contributed by atoms with van der Waals surface area (Å²) in [6.45, 7) is 1.82. The van der Waals surface area contributed by atoms with Crippen LogP contribution in [0.15, 0.2) is 58.3 Å². The Hall–Kier alpha value is -2.47. The number of rotatable bonds is 8. The van der Waals surface area contributed by atoms with Crippen molar-refractivity contribution < 1.29 is 26.4 Å². The first-order valence-electron chi connectivity index (χ1n) is 12.2. The van der Waals surface area contributed by atoms with Crippen LogP contribution in [0.3, 0.4) is 0 Å². The summed E-state index contributed by atoms with van der Waals surface area (Å²) in [5.41, 5.74) is 0.777. The zero-order valence-electron chi connectivity index (χ0n) is 20.4. The molecule has 2 aromatic rings. The third kappa shape index (κ3) is 5.91. The molecule has 9 nitrogen and oxygen atoms in total. The number of hydrogen-bond donors (Lipinski definition) is 1. The number of benzene rings is 2. The summed E-state index contributed by atoms with van der Waals surface area (Å²) in [5, 5.41) is 2.88. The molecule has 1 atom stereocenters. The summed E-state index contributed by atoms with van der Waals surface area (Å²) >= 11 is 0. The van der Waals surface area contributed by atoms with Gasteiger partial charge in [0.2, 0.25) is 26.0 Å². The number of nitrogens with one attached hydrogen (secondary N) is 1. The van der Waals surface area contributed by atoms with Crippen LogP contribution in [-0.2, 0) is 31.4 Å². The second-order valence-corrected chi connectivity index (χ2v) is 13.1. The van der Waals surface area contributed by atoms with Gasteiger partial charge in [-0.05, 0) is 67.6 Å². The highest BCUT2D eigenvalue weighted by molar-refractivity contribution is 7.89. The second kappa shape index (κ2) is 11.3. The molecule has 0 saturated carbocycles. The van der Waals surface area contributed by atoms with Gasteiger partial charge in [0.1, 0.15) is 5.75 Å². The molecule has 0 aromatic heterocycles. The van der Waals surface area contributed by atoms with Crippen LogP contribution in [-0.4, -0.2) is 64.6 Å². The lowest BCUT2D eigenvalue weighted by Crippen LogP contribution is -2.45. The van der Waals surface area contributed by atoms with Crippen LogP contribution in [0, 0.1) is 5.92 Å². The van der Waals surface area contributed by atoms with Crippen molar-refractivity contribution in [2.75, 3.05) is 33.3 Å². The summed E-state index contributed by atoms with van der Waals surface area (Å²) in [4.78, 5) is 13.3. The van der Waals surface area contributed by atoms with Gasteiger partial charge >= 0.3 is 0 Å². The lowest BCUT2D eigenvalue weighted by molar-refractivity contribution is -0.126. The molecule has 0 spiro atoms. The Balaban J connectivity index is 1.34. The minimum Gasteiger partial charge on any atom is -0.497 e. The molecule has 11 heteroatoms. The van der Waals surface area contributed by atoms with Crippen LogP contribution >= 0.6 is 0 Å². The number of piperidine rings is 2. The van der Waals surface area contributed by atoms with Crippen molar-refractivity contribution in [3.8, 4) is 5.75 Å². The molecule has 2 fully saturated rings. The maximum Gasteiger partial charge on any atom is 0.243 e. The van der Waals surface area contributed by atoms with E-state index in [0.717, 1.165) is 24.8 Å². The number of methoxy groups -OCH3 is 1. The standard InChI is InChI=1S/C25H33N3O6S2/c1-34-22-9-13-24(14-10-22)36(32,33)28-17-5-6-21(19-28)25(29)26-18-20-7-11-23(12-8-20)35(30,31)27-15-3-2-4-16-27/h7-14,21H,2-6,15-19H2,1H3,(H,26,29)/t21-/m1/s1. The van der Waals surface area contributed by atoms with Gasteiger partial charge in [0, 0.05) is 32.7 Å². The molecule has 4 rings (SSSR count). The van der Waals surface area contributed by atoms with Gasteiger partial charge in [-0.25, -0.2) is 16.8 Å². The highest BCUT2D eigenvalue weighted by Gasteiger charge is 2.33. The van der Waals surface area contributed by atoms with E-state index >= 15 is 0 Å². The molecule has 1 N–H and O–H groups in total. The molecule has 0 bridgehead atoms. The van der Waals surface area contributed by atoms with Gasteiger partial charge in [-0.3, -0.25) is 4.79 Å². The van der Waals surface area contributed by atoms with Crippen molar-refractivity contribution in [2.24, 2.45) is 5.92 Å². The first kappa shape index (κ1) is 26.6. The van der Waals surface area contributed by atoms with E-state index in [9.17, 15) is 21.6 Å². The summed E-state index contributed by atoms with van der Waals surface area (Å²) in [6.07, 6.45) is 4.01. The molecule has 196 valence electrons. The quantitative estimate of drug-likeness (QED) is 0.556. The average molecular weight is 536 g/mol. The van der Waals surface area contributed by atoms with Crippen LogP contribution < -0.4 is 10.1 Å². The fraction of sp³-hybridized carbons (Fsp3) is 0.480. The lowest BCUT2D eigenvalue weighted by atomic mass is 9.99. The van der Waals surface area contributed by atoms with Crippen LogP contribution in [0.5, 0.6) is 5.75 Å². The van der Waals surface area contributed by atoms with Crippen LogP contribution in [0.1, 0.15) is 37.7 Å². The van der Waals surface area contributed by atoms with Crippen molar-refractivity contribution in [3.63, 3.8) is 0 Å². The molecule has 0 unspecified atom stereocenters. The fourth-order valence-corrected chi connectivity index (χ4v) is 7.68. The number of amides is 1. The fourth-order valence-electron chi connectivity index (χ4n) is 4.64. The van der Waals surface area contributed by atoms with Crippen molar-refractivity contribution >= 4 is 26.0 Å². The third-order valence-electron chi connectivity index (χ3n) is 6.80. The monoisotopic (exact) mass is 535 g/mol. The second-order valence-electron chi connectivity index (χ2n) is 9.20. The summed E-state index contributed by atoms with van der Waals surface area (Å²) < 4.78 is 59.7. The van der Waals surface area contributed by atoms with Crippen molar-refractivity contribution in [1.29, 1.82) is 0 Å². The van der Waals surface area contributed by atoms with Crippen LogP contribution in [0.2, 0.25) is 0 Å². The van der Waals surface area contributed by atoms with Gasteiger partial charge in [-0.2, -0.15) is 8.61 Å². The molecule has 2 heterocycles. The Morgan fingerprint density at radius 2 is 1.39 bits per heavy atom. The summed E-state index contributed by atoms with van der Waals surface area (Å²) in [6, 6.07) is 12.8. The molecular formula is C25H33N3O6S2. The van der Waals surface area contributed by atoms with E-state index in [0.29, 0.717) is 38.2 Å². The molecule has 0 radical (unpaired) electrons. The Kier molecular flexibility index (Phi) is 8.34. The zero-order valence-corrected chi connectivity index (χ0v) is 22.1. The van der Waals surface area contributed by atoms with E-state index in [1.165, 1.54) is 27.9 Å². The van der Waals surface area contributed by atoms with E-state index in [-0.39, 0.29) is 28.8 Å². The maximum atomic E-state index is 13.1. The van der Waals surface area contributed by atoms with E-state index in [4.69, 9.17) is 4.74 Å². The first-order valence-corrected chi connectivity index (χ1v) is 15.1. The molecular weight excluding hydrogens is 502 g/mol. The smallest absolute Gasteiger partial charge is 0.243 e. The number of nitrogens with zero attached hydrogens (tertiary/aromatic N) is 2. The van der Waals surface area contributed by atoms with E-state index in [1.54, 1.807) is 36.4 Å². The highest BCUT2D eigenvalue weighted by atomic mass is 32.2. The topological polar surface area (TPSA) is 113 Å². The molecule has 0 aliphatic carbocycles. The van der Waals surface area contributed by atoms with Gasteiger partial charge in [-0.1, -0.05) is 18.6 Å². The van der Waals surface area contributed by atoms with Crippen molar-refractivity contribution in [1.82, 2.24) is 13.9 Å². The normalized spacial score (nSPS) is 20.1. The summed E-state index contributed by atoms with van der Waals surface area (Å²) in [5.74, 6) is -0.0952. The molecule has 2 saturated heterocycles. The van der Waals surface area contributed by atoms with Gasteiger partial charge in [0.15, 0.2) is 0 Å². The van der Waals surface area contributed by atoms with Gasteiger partial charge in [0.25, 0.3) is 0 Å². The molecule has 2 aliphatic heterocycles. The minimum atomic E-state index is -3.71. The molecule has 36 heavy (non-hydrogen) atoms. The molecule has 1 amide bonds. The predicted molar refractivity (Wildman–Crippen MR) is 135 cm³/mol. The number of carbonyl (C=O) groups is 1. The SMILES string of the molecule is COc1ccc(S(=O)(=O)N2CCC[C@@H](C(=O)NCc3ccc(S(=O)(=O)N4CCCCC4)cc3)C2)cc1. The Labute approximate surface area is 213 Å². The third-order valence-corrected chi connectivity index (χ3v) is 10.6. The van der Waals surface area contributed by atoms with E-state index in [1.807, 2.05) is 0 Å². The van der Waals surface area contributed by atoms with Gasteiger partial charge in [-0.15, -0.1) is 0 Å². The minimum absolute atomic E-state index is 0.118. The lowest BCUT2D eigenvalue weighted by Gasteiger charge is -2.31. The highest BCUT2D eigenvalue weighted by Crippen LogP contribution is 2.26.